The molecule has 0 unspecified atom stereocenters. The molecule has 0 aromatic carbocycles. The summed E-state index contributed by atoms with van der Waals surface area (Å²) < 4.78 is 10.0. The Bertz CT molecular complexity index is 486. The van der Waals surface area contributed by atoms with Gasteiger partial charge in [-0.25, -0.2) is 4.98 Å². The zero-order valence-electron chi connectivity index (χ0n) is 10.4. The highest BCUT2D eigenvalue weighted by Gasteiger charge is 2.03. The number of nitrogens with zero attached hydrogens (tertiary/aromatic N) is 4. The summed E-state index contributed by atoms with van der Waals surface area (Å²) in [5.74, 6) is 2.64. The molecule has 7 heteroatoms. The normalized spacial score (nSPS) is 10.3. The van der Waals surface area contributed by atoms with Crippen LogP contribution in [0, 0.1) is 6.92 Å². The van der Waals surface area contributed by atoms with E-state index in [0.29, 0.717) is 37.1 Å². The van der Waals surface area contributed by atoms with Crippen LogP contribution in [0.1, 0.15) is 18.6 Å². The van der Waals surface area contributed by atoms with Gasteiger partial charge in [0.25, 0.3) is 0 Å². The third kappa shape index (κ3) is 3.41. The van der Waals surface area contributed by atoms with Crippen molar-refractivity contribution in [3.05, 3.63) is 24.1 Å². The number of nitrogens with one attached hydrogen (secondary N) is 1. The summed E-state index contributed by atoms with van der Waals surface area (Å²) in [6, 6.07) is 1.77. The lowest BCUT2D eigenvalue weighted by Gasteiger charge is -2.07. The first-order chi connectivity index (χ1) is 8.78. The van der Waals surface area contributed by atoms with E-state index < -0.39 is 0 Å². The Hall–Kier alpha value is -2.18. The average molecular weight is 249 g/mol. The Labute approximate surface area is 105 Å². The van der Waals surface area contributed by atoms with Gasteiger partial charge in [-0.1, -0.05) is 5.16 Å². The summed E-state index contributed by atoms with van der Waals surface area (Å²) in [7, 11) is 0. The molecule has 0 amide bonds. The van der Waals surface area contributed by atoms with Gasteiger partial charge in [-0.3, -0.25) is 0 Å². The second-order valence-corrected chi connectivity index (χ2v) is 3.60. The summed E-state index contributed by atoms with van der Waals surface area (Å²) in [4.78, 5) is 12.4. The van der Waals surface area contributed by atoms with Gasteiger partial charge in [0.15, 0.2) is 5.82 Å². The van der Waals surface area contributed by atoms with E-state index in [4.69, 9.17) is 4.74 Å². The minimum atomic E-state index is 0.576. The number of ether oxygens (including phenoxy) is 1. The van der Waals surface area contributed by atoms with Crippen LogP contribution in [0.25, 0.3) is 0 Å². The number of hydrogen-bond acceptors (Lipinski definition) is 7. The van der Waals surface area contributed by atoms with Crippen molar-refractivity contribution in [2.24, 2.45) is 0 Å². The van der Waals surface area contributed by atoms with Gasteiger partial charge in [-0.15, -0.1) is 0 Å². The van der Waals surface area contributed by atoms with E-state index >= 15 is 0 Å². The van der Waals surface area contributed by atoms with Crippen LogP contribution in [0.2, 0.25) is 0 Å². The Balaban J connectivity index is 1.92. The fraction of sp³-hybridized carbons (Fsp3) is 0.455. The van der Waals surface area contributed by atoms with Crippen LogP contribution >= 0.6 is 0 Å². The molecule has 2 heterocycles. The van der Waals surface area contributed by atoms with Crippen molar-refractivity contribution in [1.29, 1.82) is 0 Å². The Morgan fingerprint density at radius 2 is 2.28 bits per heavy atom. The molecule has 2 aromatic heterocycles. The molecule has 1 N–H and O–H groups in total. The van der Waals surface area contributed by atoms with Crippen LogP contribution in [-0.4, -0.2) is 33.3 Å². The Morgan fingerprint density at radius 1 is 1.39 bits per heavy atom. The number of aromatic nitrogens is 4. The van der Waals surface area contributed by atoms with Gasteiger partial charge >= 0.3 is 0 Å². The first-order valence-electron chi connectivity index (χ1n) is 5.75. The van der Waals surface area contributed by atoms with Crippen molar-refractivity contribution >= 4 is 5.82 Å². The smallest absolute Gasteiger partial charge is 0.218 e. The summed E-state index contributed by atoms with van der Waals surface area (Å²) in [6.45, 7) is 4.99. The van der Waals surface area contributed by atoms with E-state index in [2.05, 4.69) is 29.9 Å². The Kier molecular flexibility index (Phi) is 4.06. The second kappa shape index (κ2) is 5.95. The van der Waals surface area contributed by atoms with Crippen LogP contribution in [-0.2, 0) is 6.42 Å². The second-order valence-electron chi connectivity index (χ2n) is 3.60. The Morgan fingerprint density at radius 3 is 3.00 bits per heavy atom. The maximum atomic E-state index is 5.35. The highest BCUT2D eigenvalue weighted by molar-refractivity contribution is 5.38. The molecular weight excluding hydrogens is 234 g/mol. The molecule has 96 valence electrons. The van der Waals surface area contributed by atoms with Crippen LogP contribution < -0.4 is 10.1 Å². The molecule has 0 bridgehead atoms. The number of aryl methyl sites for hydroxylation is 1. The van der Waals surface area contributed by atoms with E-state index in [-0.39, 0.29) is 0 Å². The molecular formula is C11H15N5O2. The first kappa shape index (κ1) is 12.3. The van der Waals surface area contributed by atoms with Crippen molar-refractivity contribution in [3.8, 4) is 5.88 Å². The first-order valence-corrected chi connectivity index (χ1v) is 5.75. The minimum absolute atomic E-state index is 0.576. The van der Waals surface area contributed by atoms with Gasteiger partial charge < -0.3 is 14.6 Å². The van der Waals surface area contributed by atoms with Gasteiger partial charge in [0.1, 0.15) is 11.6 Å². The summed E-state index contributed by atoms with van der Waals surface area (Å²) in [5, 5.41) is 6.90. The number of anilines is 1. The maximum Gasteiger partial charge on any atom is 0.218 e. The third-order valence-corrected chi connectivity index (χ3v) is 2.17. The van der Waals surface area contributed by atoms with Crippen molar-refractivity contribution in [3.63, 3.8) is 0 Å². The van der Waals surface area contributed by atoms with Crippen LogP contribution in [0.15, 0.2) is 17.0 Å². The molecule has 0 fully saturated rings. The number of hydrogen-bond donors (Lipinski definition) is 1. The third-order valence-electron chi connectivity index (χ3n) is 2.17. The molecule has 0 atom stereocenters. The lowest BCUT2D eigenvalue weighted by Crippen LogP contribution is -2.09. The zero-order chi connectivity index (χ0) is 12.8. The van der Waals surface area contributed by atoms with Crippen LogP contribution in [0.4, 0.5) is 5.82 Å². The fourth-order valence-electron chi connectivity index (χ4n) is 1.46. The number of rotatable bonds is 6. The van der Waals surface area contributed by atoms with Gasteiger partial charge in [0.2, 0.25) is 12.3 Å². The summed E-state index contributed by atoms with van der Waals surface area (Å²) >= 11 is 0. The summed E-state index contributed by atoms with van der Waals surface area (Å²) in [6.07, 6.45) is 1.99. The van der Waals surface area contributed by atoms with E-state index in [1.807, 2.05) is 13.8 Å². The van der Waals surface area contributed by atoms with Gasteiger partial charge in [-0.05, 0) is 13.8 Å². The molecule has 2 rings (SSSR count). The summed E-state index contributed by atoms with van der Waals surface area (Å²) in [5.41, 5.74) is 0. The van der Waals surface area contributed by atoms with Crippen molar-refractivity contribution in [2.45, 2.75) is 20.3 Å². The molecule has 2 aromatic rings. The molecule has 0 aliphatic rings. The predicted molar refractivity (Wildman–Crippen MR) is 64.4 cm³/mol. The molecule has 0 aliphatic heterocycles. The van der Waals surface area contributed by atoms with Gasteiger partial charge in [-0.2, -0.15) is 9.97 Å². The van der Waals surface area contributed by atoms with Crippen LogP contribution in [0.3, 0.4) is 0 Å². The van der Waals surface area contributed by atoms with Crippen molar-refractivity contribution in [1.82, 2.24) is 20.1 Å². The lowest BCUT2D eigenvalue weighted by atomic mass is 10.4. The van der Waals surface area contributed by atoms with E-state index in [1.54, 1.807) is 6.07 Å². The molecule has 0 saturated carbocycles. The van der Waals surface area contributed by atoms with Gasteiger partial charge in [0.05, 0.1) is 6.61 Å². The molecule has 0 spiro atoms. The largest absolute Gasteiger partial charge is 0.478 e. The monoisotopic (exact) mass is 249 g/mol. The van der Waals surface area contributed by atoms with Crippen LogP contribution in [0.5, 0.6) is 5.88 Å². The SMILES string of the molecule is CCOc1cc(NCCc2ncon2)nc(C)n1. The van der Waals surface area contributed by atoms with Crippen molar-refractivity contribution < 1.29 is 9.26 Å². The average Bonchev–Trinajstić information content (AvgIpc) is 2.82. The topological polar surface area (TPSA) is 86.0 Å². The molecule has 7 nitrogen and oxygen atoms in total. The zero-order valence-corrected chi connectivity index (χ0v) is 10.4. The van der Waals surface area contributed by atoms with E-state index in [0.717, 1.165) is 5.82 Å². The molecule has 0 radical (unpaired) electrons. The van der Waals surface area contributed by atoms with Gasteiger partial charge in [0, 0.05) is 19.0 Å². The maximum absolute atomic E-state index is 5.35. The predicted octanol–water partition coefficient (Wildman–Crippen LogP) is 1.22. The molecule has 0 aliphatic carbocycles. The minimum Gasteiger partial charge on any atom is -0.478 e. The molecule has 0 saturated heterocycles. The highest BCUT2D eigenvalue weighted by Crippen LogP contribution is 2.13. The van der Waals surface area contributed by atoms with Crippen molar-refractivity contribution in [2.75, 3.05) is 18.5 Å². The quantitative estimate of drug-likeness (QED) is 0.823. The standard InChI is InChI=1S/C11H15N5O2/c1-3-17-11-6-10(14-8(2)15-11)12-5-4-9-13-7-18-16-9/h6-7H,3-5H2,1-2H3,(H,12,14,15). The molecule has 18 heavy (non-hydrogen) atoms. The lowest BCUT2D eigenvalue weighted by molar-refractivity contribution is 0.325. The van der Waals surface area contributed by atoms with E-state index in [9.17, 15) is 0 Å². The fourth-order valence-corrected chi connectivity index (χ4v) is 1.46. The highest BCUT2D eigenvalue weighted by atomic mass is 16.5. The van der Waals surface area contributed by atoms with E-state index in [1.165, 1.54) is 6.39 Å².